The molecule has 0 saturated carbocycles. The monoisotopic (exact) mass is 393 g/mol. The van der Waals surface area contributed by atoms with E-state index >= 15 is 0 Å². The predicted octanol–water partition coefficient (Wildman–Crippen LogP) is 2.33. The molecular weight excluding hydrogens is 370 g/mol. The van der Waals surface area contributed by atoms with Crippen molar-refractivity contribution in [2.24, 2.45) is 14.1 Å². The first-order valence-corrected chi connectivity index (χ1v) is 9.38. The van der Waals surface area contributed by atoms with Crippen LogP contribution in [-0.4, -0.2) is 41.7 Å². The predicted molar refractivity (Wildman–Crippen MR) is 107 cm³/mol. The molecule has 1 N–H and O–H groups in total. The topological polar surface area (TPSA) is 104 Å². The van der Waals surface area contributed by atoms with Crippen molar-refractivity contribution in [3.8, 4) is 11.3 Å². The Bertz CT molecular complexity index is 1200. The van der Waals surface area contributed by atoms with Crippen molar-refractivity contribution < 1.29 is 9.32 Å². The molecule has 29 heavy (non-hydrogen) atoms. The van der Waals surface area contributed by atoms with E-state index in [1.807, 2.05) is 40.3 Å². The minimum Gasteiger partial charge on any atom is -0.349 e. The van der Waals surface area contributed by atoms with Crippen LogP contribution in [0.1, 0.15) is 34.2 Å². The number of nitrogens with zero attached hydrogens (tertiary/aromatic N) is 6. The van der Waals surface area contributed by atoms with Crippen LogP contribution in [0.3, 0.4) is 0 Å². The Balaban J connectivity index is 1.65. The van der Waals surface area contributed by atoms with Crippen LogP contribution in [0.25, 0.3) is 22.4 Å². The van der Waals surface area contributed by atoms with Gasteiger partial charge in [-0.05, 0) is 38.8 Å². The largest absolute Gasteiger partial charge is 0.349 e. The first kappa shape index (κ1) is 18.9. The lowest BCUT2D eigenvalue weighted by Gasteiger charge is -2.14. The highest BCUT2D eigenvalue weighted by molar-refractivity contribution is 6.07. The Morgan fingerprint density at radius 3 is 2.66 bits per heavy atom. The van der Waals surface area contributed by atoms with E-state index in [1.54, 1.807) is 28.6 Å². The molecule has 0 aliphatic rings. The summed E-state index contributed by atoms with van der Waals surface area (Å²) in [6.45, 7) is 5.75. The standard InChI is InChI=1S/C20H23N7O2/c1-11(6-14-9-27(5)24-12(14)2)22-19(28)16-7-17(15-8-21-26(4)10-15)23-20-18(16)13(3)25-29-20/h7-11H,6H2,1-5H3,(H,22,28)/t11-/m1/s1. The van der Waals surface area contributed by atoms with E-state index in [4.69, 9.17) is 4.52 Å². The molecule has 4 aromatic heterocycles. The minimum atomic E-state index is -0.192. The zero-order valence-corrected chi connectivity index (χ0v) is 17.1. The SMILES string of the molecule is Cc1nn(C)cc1C[C@@H](C)NC(=O)c1cc(-c2cnn(C)c2)nc2onc(C)c12. The van der Waals surface area contributed by atoms with Crippen LogP contribution < -0.4 is 5.32 Å². The van der Waals surface area contributed by atoms with Crippen LogP contribution in [0.5, 0.6) is 0 Å². The summed E-state index contributed by atoms with van der Waals surface area (Å²) in [5, 5.41) is 16.2. The van der Waals surface area contributed by atoms with Crippen LogP contribution in [0.4, 0.5) is 0 Å². The smallest absolute Gasteiger partial charge is 0.259 e. The Labute approximate surface area is 167 Å². The number of pyridine rings is 1. The Morgan fingerprint density at radius 1 is 1.21 bits per heavy atom. The highest BCUT2D eigenvalue weighted by Crippen LogP contribution is 2.27. The maximum Gasteiger partial charge on any atom is 0.259 e. The molecule has 0 saturated heterocycles. The second kappa shape index (κ2) is 7.16. The molecule has 0 aromatic carbocycles. The van der Waals surface area contributed by atoms with E-state index in [0.29, 0.717) is 34.5 Å². The molecule has 1 atom stereocenters. The van der Waals surface area contributed by atoms with Gasteiger partial charge < -0.3 is 9.84 Å². The van der Waals surface area contributed by atoms with Crippen LogP contribution in [-0.2, 0) is 20.5 Å². The van der Waals surface area contributed by atoms with Gasteiger partial charge in [0.25, 0.3) is 11.6 Å². The fourth-order valence-corrected chi connectivity index (χ4v) is 3.51. The van der Waals surface area contributed by atoms with Crippen molar-refractivity contribution >= 4 is 17.0 Å². The van der Waals surface area contributed by atoms with Crippen LogP contribution in [0.15, 0.2) is 29.2 Å². The highest BCUT2D eigenvalue weighted by Gasteiger charge is 2.21. The van der Waals surface area contributed by atoms with Gasteiger partial charge in [0.1, 0.15) is 0 Å². The quantitative estimate of drug-likeness (QED) is 0.558. The molecule has 4 aromatic rings. The Morgan fingerprint density at radius 2 is 2.00 bits per heavy atom. The fraction of sp³-hybridized carbons (Fsp3) is 0.350. The summed E-state index contributed by atoms with van der Waals surface area (Å²) < 4.78 is 8.82. The number of rotatable bonds is 5. The first-order chi connectivity index (χ1) is 13.8. The fourth-order valence-electron chi connectivity index (χ4n) is 3.51. The van der Waals surface area contributed by atoms with Gasteiger partial charge in [0.15, 0.2) is 0 Å². The van der Waals surface area contributed by atoms with Crippen molar-refractivity contribution in [2.75, 3.05) is 0 Å². The molecule has 0 unspecified atom stereocenters. The van der Waals surface area contributed by atoms with Crippen LogP contribution in [0, 0.1) is 13.8 Å². The summed E-state index contributed by atoms with van der Waals surface area (Å²) in [5.74, 6) is -0.192. The number of amides is 1. The number of carbonyl (C=O) groups excluding carboxylic acids is 1. The Hall–Kier alpha value is -3.49. The van der Waals surface area contributed by atoms with Gasteiger partial charge in [-0.2, -0.15) is 10.2 Å². The molecule has 9 nitrogen and oxygen atoms in total. The molecule has 4 heterocycles. The Kier molecular flexibility index (Phi) is 4.65. The molecular formula is C20H23N7O2. The van der Waals surface area contributed by atoms with Gasteiger partial charge in [-0.1, -0.05) is 5.16 Å². The maximum atomic E-state index is 13.1. The van der Waals surface area contributed by atoms with Crippen molar-refractivity contribution in [1.29, 1.82) is 0 Å². The van der Waals surface area contributed by atoms with E-state index in [9.17, 15) is 4.79 Å². The summed E-state index contributed by atoms with van der Waals surface area (Å²) in [7, 11) is 3.72. The van der Waals surface area contributed by atoms with Crippen LogP contribution in [0.2, 0.25) is 0 Å². The van der Waals surface area contributed by atoms with Crippen molar-refractivity contribution in [3.05, 3.63) is 47.2 Å². The molecule has 150 valence electrons. The normalized spacial score (nSPS) is 12.4. The average molecular weight is 393 g/mol. The zero-order valence-electron chi connectivity index (χ0n) is 17.1. The molecule has 4 rings (SSSR count). The van der Waals surface area contributed by atoms with E-state index in [-0.39, 0.29) is 11.9 Å². The zero-order chi connectivity index (χ0) is 20.7. The molecule has 0 spiro atoms. The lowest BCUT2D eigenvalue weighted by atomic mass is 10.0. The van der Waals surface area contributed by atoms with E-state index < -0.39 is 0 Å². The third kappa shape index (κ3) is 3.63. The third-order valence-electron chi connectivity index (χ3n) is 4.88. The van der Waals surface area contributed by atoms with E-state index in [0.717, 1.165) is 16.8 Å². The van der Waals surface area contributed by atoms with Crippen molar-refractivity contribution in [1.82, 2.24) is 35.0 Å². The van der Waals surface area contributed by atoms with Crippen LogP contribution >= 0.6 is 0 Å². The average Bonchev–Trinajstić information content (AvgIpc) is 3.34. The number of hydrogen-bond acceptors (Lipinski definition) is 6. The molecule has 0 aliphatic heterocycles. The summed E-state index contributed by atoms with van der Waals surface area (Å²) in [6, 6.07) is 1.69. The molecule has 0 radical (unpaired) electrons. The lowest BCUT2D eigenvalue weighted by molar-refractivity contribution is 0.0941. The highest BCUT2D eigenvalue weighted by atomic mass is 16.5. The molecule has 0 bridgehead atoms. The van der Waals surface area contributed by atoms with Gasteiger partial charge in [-0.3, -0.25) is 14.2 Å². The summed E-state index contributed by atoms with van der Waals surface area (Å²) >= 11 is 0. The molecule has 0 aliphatic carbocycles. The van der Waals surface area contributed by atoms with Crippen molar-refractivity contribution in [3.63, 3.8) is 0 Å². The number of fused-ring (bicyclic) bond motifs is 1. The number of aromatic nitrogens is 6. The number of aryl methyl sites for hydroxylation is 4. The lowest BCUT2D eigenvalue weighted by Crippen LogP contribution is -2.34. The molecule has 9 heteroatoms. The second-order valence-corrected chi connectivity index (χ2v) is 7.40. The van der Waals surface area contributed by atoms with Gasteiger partial charge in [-0.25, -0.2) is 4.98 Å². The number of hydrogen-bond donors (Lipinski definition) is 1. The maximum absolute atomic E-state index is 13.1. The van der Waals surface area contributed by atoms with Gasteiger partial charge in [0.2, 0.25) is 0 Å². The van der Waals surface area contributed by atoms with E-state index in [2.05, 4.69) is 25.7 Å². The van der Waals surface area contributed by atoms with Gasteiger partial charge in [0.05, 0.1) is 34.2 Å². The van der Waals surface area contributed by atoms with E-state index in [1.165, 1.54) is 0 Å². The van der Waals surface area contributed by atoms with Gasteiger partial charge in [0, 0.05) is 38.1 Å². The van der Waals surface area contributed by atoms with Crippen molar-refractivity contribution in [2.45, 2.75) is 33.2 Å². The minimum absolute atomic E-state index is 0.0735. The molecule has 1 amide bonds. The molecule has 0 fully saturated rings. The number of nitrogens with one attached hydrogen (secondary N) is 1. The second-order valence-electron chi connectivity index (χ2n) is 7.40. The first-order valence-electron chi connectivity index (χ1n) is 9.38. The summed E-state index contributed by atoms with van der Waals surface area (Å²) in [6.07, 6.45) is 6.21. The van der Waals surface area contributed by atoms with Gasteiger partial charge in [-0.15, -0.1) is 0 Å². The van der Waals surface area contributed by atoms with Gasteiger partial charge >= 0.3 is 0 Å². The number of carbonyl (C=O) groups is 1. The summed E-state index contributed by atoms with van der Waals surface area (Å²) in [4.78, 5) is 17.6. The third-order valence-corrected chi connectivity index (χ3v) is 4.88. The summed E-state index contributed by atoms with van der Waals surface area (Å²) in [5.41, 5.74) is 4.95.